The second-order valence-corrected chi connectivity index (χ2v) is 9.01. The molecule has 0 saturated heterocycles. The Labute approximate surface area is 210 Å². The van der Waals surface area contributed by atoms with Crippen molar-refractivity contribution in [3.05, 3.63) is 23.8 Å². The molecule has 0 amide bonds. The molecule has 5 nitrogen and oxygen atoms in total. The highest BCUT2D eigenvalue weighted by atomic mass is 16.5. The fourth-order valence-corrected chi connectivity index (χ4v) is 3.58. The van der Waals surface area contributed by atoms with Gasteiger partial charge in [0, 0.05) is 24.2 Å². The van der Waals surface area contributed by atoms with Crippen LogP contribution in [0.2, 0.25) is 6.32 Å². The lowest BCUT2D eigenvalue weighted by atomic mass is 9.82. The monoisotopic (exact) mass is 477 g/mol. The summed E-state index contributed by atoms with van der Waals surface area (Å²) in [6, 6.07) is 0. The van der Waals surface area contributed by atoms with Crippen LogP contribution in [0.15, 0.2) is 23.8 Å². The number of allylic oxidation sites excluding steroid dienone is 2. The van der Waals surface area contributed by atoms with Crippen molar-refractivity contribution in [2.24, 2.45) is 0 Å². The summed E-state index contributed by atoms with van der Waals surface area (Å²) in [5.41, 5.74) is 1.24. The topological polar surface area (TPSA) is 70.9 Å². The van der Waals surface area contributed by atoms with E-state index >= 15 is 0 Å². The van der Waals surface area contributed by atoms with E-state index in [0.29, 0.717) is 43.3 Å². The van der Waals surface area contributed by atoms with Crippen molar-refractivity contribution in [2.75, 3.05) is 26.2 Å². The van der Waals surface area contributed by atoms with E-state index in [1.54, 1.807) is 6.08 Å². The molecule has 0 spiro atoms. The first-order chi connectivity index (χ1) is 16.5. The predicted molar refractivity (Wildman–Crippen MR) is 143 cm³/mol. The molecule has 0 bridgehead atoms. The van der Waals surface area contributed by atoms with Gasteiger partial charge in [-0.15, -0.1) is 6.58 Å². The van der Waals surface area contributed by atoms with Gasteiger partial charge in [-0.25, -0.2) is 9.59 Å². The minimum absolute atomic E-state index is 0.297. The predicted octanol–water partition coefficient (Wildman–Crippen LogP) is 4.58. The number of unbranched alkanes of at least 4 members (excludes halogenated alkanes) is 6. The number of carbonyl (C=O) groups excluding carboxylic acids is 2. The minimum Gasteiger partial charge on any atom is -0.856 e. The Morgan fingerprint density at radius 1 is 0.853 bits per heavy atom. The first kappa shape index (κ1) is 34.8. The molecule has 0 aromatic carbocycles. The highest BCUT2D eigenvalue weighted by Gasteiger charge is 2.06. The van der Waals surface area contributed by atoms with Gasteiger partial charge >= 0.3 is 0 Å². The number of rotatable bonds is 22. The summed E-state index contributed by atoms with van der Waals surface area (Å²) in [6.07, 6.45) is 15.6. The van der Waals surface area contributed by atoms with E-state index in [-0.39, 0.29) is 0 Å². The second-order valence-electron chi connectivity index (χ2n) is 9.01. The van der Waals surface area contributed by atoms with Crippen LogP contribution in [0.4, 0.5) is 0 Å². The van der Waals surface area contributed by atoms with Gasteiger partial charge in [0.2, 0.25) is 0 Å². The van der Waals surface area contributed by atoms with Gasteiger partial charge < -0.3 is 14.6 Å². The van der Waals surface area contributed by atoms with E-state index in [2.05, 4.69) is 27.4 Å². The van der Waals surface area contributed by atoms with Gasteiger partial charge in [-0.05, 0) is 38.5 Å². The molecule has 0 saturated carbocycles. The molecule has 0 radical (unpaired) electrons. The van der Waals surface area contributed by atoms with E-state index in [1.165, 1.54) is 58.2 Å². The van der Waals surface area contributed by atoms with Gasteiger partial charge in [0.25, 0.3) is 0 Å². The molecule has 0 aliphatic heterocycles. The van der Waals surface area contributed by atoms with E-state index in [4.69, 9.17) is 4.65 Å². The molecule has 0 fully saturated rings. The first-order valence-electron chi connectivity index (χ1n) is 13.7. The van der Waals surface area contributed by atoms with Crippen molar-refractivity contribution < 1.29 is 24.2 Å². The first-order valence-corrected chi connectivity index (χ1v) is 13.7. The molecule has 34 heavy (non-hydrogen) atoms. The molecule has 0 atom stereocenters. The van der Waals surface area contributed by atoms with Crippen molar-refractivity contribution in [1.82, 2.24) is 0 Å². The van der Waals surface area contributed by atoms with Crippen LogP contribution in [0.5, 0.6) is 0 Å². The largest absolute Gasteiger partial charge is 0.856 e. The average molecular weight is 478 g/mol. The molecule has 0 aliphatic rings. The van der Waals surface area contributed by atoms with Gasteiger partial charge in [0.1, 0.15) is 11.9 Å². The fourth-order valence-electron chi connectivity index (χ4n) is 3.58. The summed E-state index contributed by atoms with van der Waals surface area (Å²) in [4.78, 5) is 23.2. The van der Waals surface area contributed by atoms with Crippen LogP contribution in [0, 0.1) is 0 Å². The second kappa shape index (κ2) is 27.8. The van der Waals surface area contributed by atoms with Crippen LogP contribution in [-0.2, 0) is 14.2 Å². The van der Waals surface area contributed by atoms with Gasteiger partial charge in [0.05, 0.1) is 19.6 Å². The van der Waals surface area contributed by atoms with Crippen LogP contribution in [0.1, 0.15) is 111 Å². The summed E-state index contributed by atoms with van der Waals surface area (Å²) in [5.74, 6) is 3.79. The molecule has 1 N–H and O–H groups in total. The van der Waals surface area contributed by atoms with E-state index in [1.807, 2.05) is 23.7 Å². The van der Waals surface area contributed by atoms with Crippen molar-refractivity contribution in [3.8, 4) is 0 Å². The fraction of sp³-hybridized carbons (Fsp3) is 0.786. The normalized spacial score (nSPS) is 10.2. The molecule has 6 heteroatoms. The van der Waals surface area contributed by atoms with Gasteiger partial charge in [-0.2, -0.15) is 0 Å². The Balaban J connectivity index is 0. The lowest BCUT2D eigenvalue weighted by Crippen LogP contribution is -3.12. The molecule has 0 rings (SSSR count). The maximum absolute atomic E-state index is 11.3. The highest BCUT2D eigenvalue weighted by Crippen LogP contribution is 2.16. The maximum Gasteiger partial charge on any atom is 0.183 e. The van der Waals surface area contributed by atoms with Gasteiger partial charge in [0.15, 0.2) is 7.12 Å². The van der Waals surface area contributed by atoms with Crippen LogP contribution in [0.25, 0.3) is 0 Å². The molecule has 0 unspecified atom stereocenters. The Kier molecular flexibility index (Phi) is 28.4. The third-order valence-electron chi connectivity index (χ3n) is 5.86. The molecule has 0 aromatic rings. The van der Waals surface area contributed by atoms with E-state index in [0.717, 1.165) is 25.7 Å². The SMILES string of the molecule is C=CCOB([O-])CCCCCCC(=C=O)CC(=C=O)CC.CCCC[NH+](CCCC)CCCC. The van der Waals surface area contributed by atoms with Crippen LogP contribution < -0.4 is 9.92 Å². The molecule has 196 valence electrons. The molecular formula is C28H52BNO4. The zero-order valence-corrected chi connectivity index (χ0v) is 22.7. The van der Waals surface area contributed by atoms with Crippen molar-refractivity contribution in [3.63, 3.8) is 0 Å². The van der Waals surface area contributed by atoms with Crippen LogP contribution in [-0.4, -0.2) is 45.2 Å². The van der Waals surface area contributed by atoms with Crippen molar-refractivity contribution in [2.45, 2.75) is 117 Å². The van der Waals surface area contributed by atoms with Crippen molar-refractivity contribution in [1.29, 1.82) is 0 Å². The Bertz CT molecular complexity index is 550. The Hall–Kier alpha value is -1.42. The maximum atomic E-state index is 11.3. The van der Waals surface area contributed by atoms with Crippen molar-refractivity contribution >= 4 is 19.0 Å². The van der Waals surface area contributed by atoms with Crippen LogP contribution >= 0.6 is 0 Å². The minimum atomic E-state index is -0.974. The number of quaternary nitrogens is 1. The standard InChI is InChI=1S/C16H24BO4.C12H27N/c1-3-11-21-17(20)10-8-6-5-7-9-16(14-19)12-15(4-2)13-18;1-4-7-10-13(11-8-5-2)12-9-6-3/h3H,1,4-12H2,2H3;4-12H2,1-3H3/q-1;/p+1. The quantitative estimate of drug-likeness (QED) is 0.107. The third kappa shape index (κ3) is 23.7. The zero-order chi connectivity index (χ0) is 25.9. The lowest BCUT2D eigenvalue weighted by molar-refractivity contribution is -0.900. The third-order valence-corrected chi connectivity index (χ3v) is 5.86. The highest BCUT2D eigenvalue weighted by molar-refractivity contribution is 6.40. The summed E-state index contributed by atoms with van der Waals surface area (Å²) in [7, 11) is -0.974. The van der Waals surface area contributed by atoms with Gasteiger partial charge in [-0.1, -0.05) is 78.6 Å². The van der Waals surface area contributed by atoms with E-state index < -0.39 is 7.12 Å². The zero-order valence-electron chi connectivity index (χ0n) is 22.7. The molecule has 0 heterocycles. The van der Waals surface area contributed by atoms with E-state index in [9.17, 15) is 14.6 Å². The number of hydrogen-bond donors (Lipinski definition) is 1. The Morgan fingerprint density at radius 3 is 1.82 bits per heavy atom. The smallest absolute Gasteiger partial charge is 0.183 e. The Morgan fingerprint density at radius 2 is 1.38 bits per heavy atom. The molecular weight excluding hydrogens is 425 g/mol. The summed E-state index contributed by atoms with van der Waals surface area (Å²) in [6.45, 7) is 16.7. The number of hydrogen-bond acceptors (Lipinski definition) is 4. The number of nitrogens with one attached hydrogen (secondary N) is 1. The summed E-state index contributed by atoms with van der Waals surface area (Å²) < 4.78 is 4.95. The van der Waals surface area contributed by atoms with Crippen LogP contribution in [0.3, 0.4) is 0 Å². The lowest BCUT2D eigenvalue weighted by Gasteiger charge is -2.18. The summed E-state index contributed by atoms with van der Waals surface area (Å²) in [5, 5.41) is 11.3. The molecule has 0 aliphatic carbocycles. The molecule has 0 aromatic heterocycles. The average Bonchev–Trinajstić information content (AvgIpc) is 2.86. The summed E-state index contributed by atoms with van der Waals surface area (Å²) >= 11 is 0. The van der Waals surface area contributed by atoms with Gasteiger partial charge in [-0.3, -0.25) is 0 Å².